The minimum atomic E-state index is 0.242. The molecule has 0 aromatic heterocycles. The second kappa shape index (κ2) is 4.65. The topological polar surface area (TPSA) is 32.6 Å². The smallest absolute Gasteiger partial charge is 0.0614 e. The van der Waals surface area contributed by atoms with Gasteiger partial charge in [0.1, 0.15) is 0 Å². The van der Waals surface area contributed by atoms with Crippen molar-refractivity contribution in [3.8, 4) is 0 Å². The highest BCUT2D eigenvalue weighted by Crippen LogP contribution is 2.20. The lowest BCUT2D eigenvalue weighted by atomic mass is 9.93. The minimum absolute atomic E-state index is 0.242. The van der Waals surface area contributed by atoms with Gasteiger partial charge in [-0.25, -0.2) is 0 Å². The molecule has 0 radical (unpaired) electrons. The lowest BCUT2D eigenvalue weighted by Gasteiger charge is -2.13. The van der Waals surface area contributed by atoms with Crippen molar-refractivity contribution in [2.75, 3.05) is 0 Å². The number of nitrogens with zero attached hydrogens (tertiary/aromatic N) is 1. The van der Waals surface area contributed by atoms with E-state index in [1.165, 1.54) is 5.56 Å². The van der Waals surface area contributed by atoms with E-state index in [1.54, 1.807) is 0 Å². The number of benzene rings is 1. The van der Waals surface area contributed by atoms with Crippen molar-refractivity contribution >= 4 is 5.71 Å². The molecule has 0 aliphatic rings. The fraction of sp³-hybridized carbons (Fsp3) is 0.364. The molecule has 2 heteroatoms. The van der Waals surface area contributed by atoms with E-state index in [9.17, 15) is 0 Å². The summed E-state index contributed by atoms with van der Waals surface area (Å²) in [6.07, 6.45) is 0.958. The second-order valence-electron chi connectivity index (χ2n) is 3.11. The molecular weight excluding hydrogens is 162 g/mol. The Bertz CT molecular complexity index is 279. The second-order valence-corrected chi connectivity index (χ2v) is 3.11. The molecule has 1 unspecified atom stereocenters. The zero-order valence-electron chi connectivity index (χ0n) is 8.07. The summed E-state index contributed by atoms with van der Waals surface area (Å²) in [4.78, 5) is 0. The fourth-order valence-electron chi connectivity index (χ4n) is 1.53. The maximum atomic E-state index is 8.69. The van der Waals surface area contributed by atoms with Crippen molar-refractivity contribution < 1.29 is 5.21 Å². The van der Waals surface area contributed by atoms with Crippen LogP contribution in [0.2, 0.25) is 0 Å². The van der Waals surface area contributed by atoms with Crippen LogP contribution >= 0.6 is 0 Å². The van der Waals surface area contributed by atoms with Crippen LogP contribution in [0.5, 0.6) is 0 Å². The largest absolute Gasteiger partial charge is 0.411 e. The highest BCUT2D eigenvalue weighted by atomic mass is 16.4. The maximum absolute atomic E-state index is 8.69. The van der Waals surface area contributed by atoms with Gasteiger partial charge in [0.25, 0.3) is 0 Å². The summed E-state index contributed by atoms with van der Waals surface area (Å²) >= 11 is 0. The van der Waals surface area contributed by atoms with Crippen LogP contribution in [0.25, 0.3) is 0 Å². The number of hydrogen-bond acceptors (Lipinski definition) is 2. The zero-order chi connectivity index (χ0) is 9.68. The third kappa shape index (κ3) is 2.31. The van der Waals surface area contributed by atoms with E-state index in [1.807, 2.05) is 25.1 Å². The van der Waals surface area contributed by atoms with Crippen LogP contribution in [0, 0.1) is 0 Å². The van der Waals surface area contributed by atoms with Crippen molar-refractivity contribution in [1.29, 1.82) is 0 Å². The summed E-state index contributed by atoms with van der Waals surface area (Å²) < 4.78 is 0. The molecule has 0 fully saturated rings. The Morgan fingerprint density at radius 2 is 2.00 bits per heavy atom. The van der Waals surface area contributed by atoms with Gasteiger partial charge in [0, 0.05) is 5.92 Å². The van der Waals surface area contributed by atoms with Crippen LogP contribution in [0.15, 0.2) is 35.5 Å². The summed E-state index contributed by atoms with van der Waals surface area (Å²) in [5, 5.41) is 11.9. The van der Waals surface area contributed by atoms with Gasteiger partial charge in [-0.15, -0.1) is 0 Å². The fourth-order valence-corrected chi connectivity index (χ4v) is 1.53. The number of rotatable bonds is 3. The first-order valence-corrected chi connectivity index (χ1v) is 4.53. The third-order valence-corrected chi connectivity index (χ3v) is 2.27. The molecule has 1 atom stereocenters. The van der Waals surface area contributed by atoms with Gasteiger partial charge < -0.3 is 5.21 Å². The van der Waals surface area contributed by atoms with Crippen LogP contribution in [0.3, 0.4) is 0 Å². The van der Waals surface area contributed by atoms with E-state index in [2.05, 4.69) is 24.2 Å². The summed E-state index contributed by atoms with van der Waals surface area (Å²) in [5.74, 6) is 0.242. The first kappa shape index (κ1) is 9.78. The lowest BCUT2D eigenvalue weighted by Crippen LogP contribution is -2.07. The Morgan fingerprint density at radius 3 is 2.46 bits per heavy atom. The van der Waals surface area contributed by atoms with Crippen LogP contribution in [0.1, 0.15) is 31.7 Å². The molecule has 1 aromatic rings. The van der Waals surface area contributed by atoms with Gasteiger partial charge in [-0.05, 0) is 18.9 Å². The average Bonchev–Trinajstić information content (AvgIpc) is 2.20. The van der Waals surface area contributed by atoms with Crippen molar-refractivity contribution in [3.05, 3.63) is 35.9 Å². The molecule has 0 aliphatic carbocycles. The molecule has 0 amide bonds. The van der Waals surface area contributed by atoms with Crippen molar-refractivity contribution in [2.24, 2.45) is 5.16 Å². The highest BCUT2D eigenvalue weighted by Gasteiger charge is 2.11. The molecular formula is C11H15NO. The SMILES string of the molecule is CCC(/C(C)=N/O)c1ccccc1. The van der Waals surface area contributed by atoms with E-state index in [0.717, 1.165) is 12.1 Å². The Balaban J connectivity index is 2.91. The molecule has 0 heterocycles. The maximum Gasteiger partial charge on any atom is 0.0614 e. The standard InChI is InChI=1S/C11H15NO/c1-3-11(9(2)12-13)10-7-5-4-6-8-10/h4-8,11,13H,3H2,1-2H3/b12-9+. The number of oxime groups is 1. The van der Waals surface area contributed by atoms with E-state index < -0.39 is 0 Å². The van der Waals surface area contributed by atoms with Gasteiger partial charge in [0.15, 0.2) is 0 Å². The summed E-state index contributed by atoms with van der Waals surface area (Å²) in [6, 6.07) is 10.1. The third-order valence-electron chi connectivity index (χ3n) is 2.27. The van der Waals surface area contributed by atoms with Crippen molar-refractivity contribution in [1.82, 2.24) is 0 Å². The van der Waals surface area contributed by atoms with E-state index in [0.29, 0.717) is 0 Å². The van der Waals surface area contributed by atoms with E-state index in [-0.39, 0.29) is 5.92 Å². The minimum Gasteiger partial charge on any atom is -0.411 e. The zero-order valence-corrected chi connectivity index (χ0v) is 8.07. The molecule has 0 saturated heterocycles. The Kier molecular flexibility index (Phi) is 3.50. The Labute approximate surface area is 78.9 Å². The van der Waals surface area contributed by atoms with Crippen LogP contribution < -0.4 is 0 Å². The van der Waals surface area contributed by atoms with Gasteiger partial charge in [-0.3, -0.25) is 0 Å². The lowest BCUT2D eigenvalue weighted by molar-refractivity contribution is 0.316. The predicted octanol–water partition coefficient (Wildman–Crippen LogP) is 3.03. The first-order chi connectivity index (χ1) is 6.29. The molecule has 0 bridgehead atoms. The van der Waals surface area contributed by atoms with Crippen LogP contribution in [-0.2, 0) is 0 Å². The average molecular weight is 177 g/mol. The summed E-state index contributed by atoms with van der Waals surface area (Å²) in [7, 11) is 0. The van der Waals surface area contributed by atoms with E-state index in [4.69, 9.17) is 5.21 Å². The quantitative estimate of drug-likeness (QED) is 0.429. The summed E-state index contributed by atoms with van der Waals surface area (Å²) in [5.41, 5.74) is 1.98. The molecule has 13 heavy (non-hydrogen) atoms. The summed E-state index contributed by atoms with van der Waals surface area (Å²) in [6.45, 7) is 3.94. The molecule has 0 spiro atoms. The Hall–Kier alpha value is -1.31. The number of hydrogen-bond donors (Lipinski definition) is 1. The van der Waals surface area contributed by atoms with Crippen molar-refractivity contribution in [2.45, 2.75) is 26.2 Å². The molecule has 1 N–H and O–H groups in total. The first-order valence-electron chi connectivity index (χ1n) is 4.53. The van der Waals surface area contributed by atoms with Gasteiger partial charge in [0.2, 0.25) is 0 Å². The molecule has 1 rings (SSSR count). The van der Waals surface area contributed by atoms with Gasteiger partial charge in [0.05, 0.1) is 5.71 Å². The highest BCUT2D eigenvalue weighted by molar-refractivity contribution is 5.88. The van der Waals surface area contributed by atoms with Crippen molar-refractivity contribution in [3.63, 3.8) is 0 Å². The van der Waals surface area contributed by atoms with Gasteiger partial charge in [-0.1, -0.05) is 42.4 Å². The molecule has 70 valence electrons. The van der Waals surface area contributed by atoms with Crippen LogP contribution in [-0.4, -0.2) is 10.9 Å². The molecule has 0 saturated carbocycles. The predicted molar refractivity (Wildman–Crippen MR) is 54.4 cm³/mol. The van der Waals surface area contributed by atoms with Crippen LogP contribution in [0.4, 0.5) is 0 Å². The van der Waals surface area contributed by atoms with Gasteiger partial charge >= 0.3 is 0 Å². The Morgan fingerprint density at radius 1 is 1.38 bits per heavy atom. The van der Waals surface area contributed by atoms with Gasteiger partial charge in [-0.2, -0.15) is 0 Å². The molecule has 0 aliphatic heterocycles. The monoisotopic (exact) mass is 177 g/mol. The molecule has 2 nitrogen and oxygen atoms in total. The van der Waals surface area contributed by atoms with E-state index >= 15 is 0 Å². The molecule has 1 aromatic carbocycles. The normalized spacial score (nSPS) is 14.2.